The van der Waals surface area contributed by atoms with Crippen molar-refractivity contribution in [2.24, 2.45) is 11.8 Å². The van der Waals surface area contributed by atoms with Gasteiger partial charge in [0.2, 0.25) is 11.8 Å². The molecule has 0 fully saturated rings. The van der Waals surface area contributed by atoms with Gasteiger partial charge in [-0.3, -0.25) is 28.9 Å². The van der Waals surface area contributed by atoms with Crippen LogP contribution < -0.4 is 10.6 Å². The van der Waals surface area contributed by atoms with E-state index in [9.17, 15) is 24.0 Å². The van der Waals surface area contributed by atoms with E-state index in [4.69, 9.17) is 4.74 Å². The summed E-state index contributed by atoms with van der Waals surface area (Å²) in [5, 5.41) is 5.49. The molecule has 2 N–H and O–H groups in total. The van der Waals surface area contributed by atoms with Crippen molar-refractivity contribution >= 4 is 29.4 Å². The highest BCUT2D eigenvalue weighted by atomic mass is 16.5. The second-order valence-corrected chi connectivity index (χ2v) is 8.38. The zero-order valence-corrected chi connectivity index (χ0v) is 19.5. The molecule has 0 aromatic heterocycles. The normalized spacial score (nSPS) is 14.2. The fourth-order valence-electron chi connectivity index (χ4n) is 2.92. The van der Waals surface area contributed by atoms with Crippen molar-refractivity contribution in [3.63, 3.8) is 0 Å². The number of ether oxygens (including phenoxy) is 1. The molecule has 1 heterocycles. The fourth-order valence-corrected chi connectivity index (χ4v) is 2.92. The van der Waals surface area contributed by atoms with Gasteiger partial charge in [0.15, 0.2) is 0 Å². The van der Waals surface area contributed by atoms with Gasteiger partial charge in [-0.1, -0.05) is 20.8 Å². The van der Waals surface area contributed by atoms with E-state index < -0.39 is 11.8 Å². The number of nitrogens with one attached hydrogen (secondary N) is 2. The molecule has 180 valence electrons. The molecule has 4 amide bonds. The Labute approximate surface area is 190 Å². The lowest BCUT2D eigenvalue weighted by Gasteiger charge is -2.14. The summed E-state index contributed by atoms with van der Waals surface area (Å²) in [7, 11) is 0. The van der Waals surface area contributed by atoms with Gasteiger partial charge in [-0.15, -0.1) is 0 Å². The van der Waals surface area contributed by atoms with E-state index in [0.717, 1.165) is 11.3 Å². The van der Waals surface area contributed by atoms with Crippen LogP contribution in [0.25, 0.3) is 0 Å². The van der Waals surface area contributed by atoms with Gasteiger partial charge in [0, 0.05) is 57.5 Å². The number of nitrogens with zero attached hydrogens (tertiary/aromatic N) is 1. The summed E-state index contributed by atoms with van der Waals surface area (Å²) in [5.74, 6) is 0.0903. The van der Waals surface area contributed by atoms with E-state index in [1.807, 2.05) is 0 Å². The Morgan fingerprint density at radius 2 is 1.50 bits per heavy atom. The minimum absolute atomic E-state index is 0.0327. The molecule has 1 rings (SSSR count). The lowest BCUT2D eigenvalue weighted by atomic mass is 9.93. The first-order valence-electron chi connectivity index (χ1n) is 11.4. The predicted molar refractivity (Wildman–Crippen MR) is 119 cm³/mol. The molecule has 0 spiro atoms. The quantitative estimate of drug-likeness (QED) is 0.254. The third-order valence-corrected chi connectivity index (χ3v) is 5.48. The maximum atomic E-state index is 11.9. The molecule has 1 aliphatic heterocycles. The molecule has 0 unspecified atom stereocenters. The first-order chi connectivity index (χ1) is 15.2. The lowest BCUT2D eigenvalue weighted by molar-refractivity contribution is -0.137. The third kappa shape index (κ3) is 11.7. The van der Waals surface area contributed by atoms with E-state index in [-0.39, 0.29) is 50.3 Å². The molecule has 0 saturated carbocycles. The van der Waals surface area contributed by atoms with Gasteiger partial charge in [-0.2, -0.15) is 0 Å². The van der Waals surface area contributed by atoms with E-state index in [1.165, 1.54) is 12.2 Å². The summed E-state index contributed by atoms with van der Waals surface area (Å²) in [6, 6.07) is 0. The molecule has 9 nitrogen and oxygen atoms in total. The third-order valence-electron chi connectivity index (χ3n) is 5.48. The average Bonchev–Trinajstić information content (AvgIpc) is 3.07. The number of carbonyl (C=O) groups is 5. The molecule has 0 radical (unpaired) electrons. The second kappa shape index (κ2) is 15.3. The first kappa shape index (κ1) is 27.5. The van der Waals surface area contributed by atoms with Gasteiger partial charge in [-0.05, 0) is 24.7 Å². The van der Waals surface area contributed by atoms with Gasteiger partial charge >= 0.3 is 0 Å². The SMILES string of the molecule is CC(C)[C@@H](C)CCC(=O)NCCCC(=O)CCOCCNC(=O)CCN1C(=O)C=CC1=O. The predicted octanol–water partition coefficient (Wildman–Crippen LogP) is 1.36. The standard InChI is InChI=1S/C23H37N3O6/c1-17(2)18(3)6-7-20(28)24-12-4-5-19(27)11-15-32-16-13-25-21(29)10-14-26-22(30)8-9-23(26)31/h8-9,17-18H,4-7,10-16H2,1-3H3,(H,24,28)(H,25,29)/t18-/m0/s1. The zero-order chi connectivity index (χ0) is 23.9. The number of hydrogen-bond donors (Lipinski definition) is 2. The number of Topliss-reactive ketones (excluding diaryl/α,β-unsaturated/α-hetero) is 1. The topological polar surface area (TPSA) is 122 Å². The van der Waals surface area contributed by atoms with Crippen LogP contribution in [0.15, 0.2) is 12.2 Å². The van der Waals surface area contributed by atoms with Gasteiger partial charge in [0.1, 0.15) is 5.78 Å². The highest BCUT2D eigenvalue weighted by Crippen LogP contribution is 2.15. The van der Waals surface area contributed by atoms with Crippen molar-refractivity contribution in [1.29, 1.82) is 0 Å². The van der Waals surface area contributed by atoms with Crippen LogP contribution in [-0.2, 0) is 28.7 Å². The number of rotatable bonds is 17. The summed E-state index contributed by atoms with van der Waals surface area (Å²) in [4.78, 5) is 59.2. The maximum Gasteiger partial charge on any atom is 0.253 e. The molecule has 1 aliphatic rings. The van der Waals surface area contributed by atoms with Crippen LogP contribution in [0.2, 0.25) is 0 Å². The number of ketones is 1. The summed E-state index contributed by atoms with van der Waals surface area (Å²) < 4.78 is 5.35. The lowest BCUT2D eigenvalue weighted by Crippen LogP contribution is -2.35. The molecular formula is C23H37N3O6. The minimum atomic E-state index is -0.408. The molecule has 1 atom stereocenters. The number of amides is 4. The van der Waals surface area contributed by atoms with Gasteiger partial charge in [-0.25, -0.2) is 0 Å². The largest absolute Gasteiger partial charge is 0.379 e. The van der Waals surface area contributed by atoms with E-state index >= 15 is 0 Å². The molecule has 0 bridgehead atoms. The van der Waals surface area contributed by atoms with Crippen LogP contribution in [-0.4, -0.2) is 67.2 Å². The molecule has 0 aromatic carbocycles. The number of imide groups is 1. The van der Waals surface area contributed by atoms with E-state index in [1.54, 1.807) is 0 Å². The highest BCUT2D eigenvalue weighted by Gasteiger charge is 2.23. The highest BCUT2D eigenvalue weighted by molar-refractivity contribution is 6.13. The van der Waals surface area contributed by atoms with Crippen LogP contribution in [0.3, 0.4) is 0 Å². The van der Waals surface area contributed by atoms with Crippen molar-refractivity contribution in [3.8, 4) is 0 Å². The minimum Gasteiger partial charge on any atom is -0.379 e. The Morgan fingerprint density at radius 3 is 2.16 bits per heavy atom. The Morgan fingerprint density at radius 1 is 0.875 bits per heavy atom. The van der Waals surface area contributed by atoms with Crippen molar-refractivity contribution < 1.29 is 28.7 Å². The summed E-state index contributed by atoms with van der Waals surface area (Å²) in [6.07, 6.45) is 5.08. The summed E-state index contributed by atoms with van der Waals surface area (Å²) in [6.45, 7) is 7.82. The molecule has 0 aromatic rings. The monoisotopic (exact) mass is 451 g/mol. The molecular weight excluding hydrogens is 414 g/mol. The smallest absolute Gasteiger partial charge is 0.253 e. The van der Waals surface area contributed by atoms with Crippen molar-refractivity contribution in [2.45, 2.75) is 59.3 Å². The van der Waals surface area contributed by atoms with Crippen LogP contribution in [0.4, 0.5) is 0 Å². The first-order valence-corrected chi connectivity index (χ1v) is 11.4. The van der Waals surface area contributed by atoms with Crippen molar-refractivity contribution in [2.75, 3.05) is 32.8 Å². The average molecular weight is 452 g/mol. The van der Waals surface area contributed by atoms with Crippen LogP contribution in [0.5, 0.6) is 0 Å². The van der Waals surface area contributed by atoms with Gasteiger partial charge in [0.05, 0.1) is 13.2 Å². The Hall–Kier alpha value is -2.55. The van der Waals surface area contributed by atoms with E-state index in [2.05, 4.69) is 31.4 Å². The van der Waals surface area contributed by atoms with E-state index in [0.29, 0.717) is 44.1 Å². The van der Waals surface area contributed by atoms with Gasteiger partial charge in [0.25, 0.3) is 11.8 Å². The summed E-state index contributed by atoms with van der Waals surface area (Å²) in [5.41, 5.74) is 0. The Balaban J connectivity index is 1.95. The molecule has 0 saturated heterocycles. The molecule has 9 heteroatoms. The van der Waals surface area contributed by atoms with Crippen LogP contribution in [0.1, 0.15) is 59.3 Å². The molecule has 0 aliphatic carbocycles. The second-order valence-electron chi connectivity index (χ2n) is 8.38. The van der Waals surface area contributed by atoms with Crippen LogP contribution in [0, 0.1) is 11.8 Å². The summed E-state index contributed by atoms with van der Waals surface area (Å²) >= 11 is 0. The fraction of sp³-hybridized carbons (Fsp3) is 0.696. The maximum absolute atomic E-state index is 11.9. The van der Waals surface area contributed by atoms with Crippen molar-refractivity contribution in [1.82, 2.24) is 15.5 Å². The number of carbonyl (C=O) groups excluding carboxylic acids is 5. The zero-order valence-electron chi connectivity index (χ0n) is 19.5. The molecule has 32 heavy (non-hydrogen) atoms. The van der Waals surface area contributed by atoms with Crippen molar-refractivity contribution in [3.05, 3.63) is 12.2 Å². The number of hydrogen-bond acceptors (Lipinski definition) is 6. The Kier molecular flexibility index (Phi) is 13.1. The van der Waals surface area contributed by atoms with Gasteiger partial charge < -0.3 is 15.4 Å². The Bertz CT molecular complexity index is 671. The van der Waals surface area contributed by atoms with Crippen LogP contribution >= 0.6 is 0 Å².